The topological polar surface area (TPSA) is 92.6 Å². The fraction of sp³-hybridized carbons (Fsp3) is 0.429. The molecule has 8 nitrogen and oxygen atoms in total. The number of hydrogen-bond donors (Lipinski definition) is 2. The molecule has 0 saturated carbocycles. The molecule has 0 aromatic heterocycles. The van der Waals surface area contributed by atoms with Crippen molar-refractivity contribution in [1.29, 1.82) is 0 Å². The average Bonchev–Trinajstić information content (AvgIpc) is 3.30. The lowest BCUT2D eigenvalue weighted by molar-refractivity contribution is -0.128. The third-order valence-corrected chi connectivity index (χ3v) is 7.11. The van der Waals surface area contributed by atoms with Crippen molar-refractivity contribution in [3.8, 4) is 5.75 Å². The van der Waals surface area contributed by atoms with E-state index < -0.39 is 11.6 Å². The molecular weight excluding hydrogens is 529 g/mol. The molecule has 204 valence electrons. The van der Waals surface area contributed by atoms with Crippen LogP contribution >= 0.6 is 23.2 Å². The smallest absolute Gasteiger partial charge is 0.252 e. The number of nitrogens with zero attached hydrogens (tertiary/aromatic N) is 2. The maximum atomic E-state index is 13.8. The van der Waals surface area contributed by atoms with E-state index in [4.69, 9.17) is 47.5 Å². The van der Waals surface area contributed by atoms with Crippen LogP contribution in [0.2, 0.25) is 10.0 Å². The first-order chi connectivity index (χ1) is 18.5. The minimum Gasteiger partial charge on any atom is -0.494 e. The number of benzene rings is 2. The summed E-state index contributed by atoms with van der Waals surface area (Å²) in [6.07, 6.45) is 1.67. The highest BCUT2D eigenvalue weighted by Crippen LogP contribution is 2.45. The van der Waals surface area contributed by atoms with E-state index in [1.807, 2.05) is 12.1 Å². The maximum Gasteiger partial charge on any atom is 0.252 e. The summed E-state index contributed by atoms with van der Waals surface area (Å²) in [6.45, 7) is 8.61. The first-order valence-electron chi connectivity index (χ1n) is 12.7. The Morgan fingerprint density at radius 1 is 1.24 bits per heavy atom. The van der Waals surface area contributed by atoms with Gasteiger partial charge in [-0.3, -0.25) is 9.69 Å². The highest BCUT2D eigenvalue weighted by atomic mass is 35.5. The van der Waals surface area contributed by atoms with Crippen molar-refractivity contribution < 1.29 is 24.1 Å². The van der Waals surface area contributed by atoms with E-state index in [9.17, 15) is 4.79 Å². The minimum atomic E-state index is -1.31. The summed E-state index contributed by atoms with van der Waals surface area (Å²) in [5.74, 6) is 0.727. The third-order valence-electron chi connectivity index (χ3n) is 6.55. The average molecular weight is 562 g/mol. The summed E-state index contributed by atoms with van der Waals surface area (Å²) in [5, 5.41) is 12.9. The summed E-state index contributed by atoms with van der Waals surface area (Å²) in [7, 11) is 0. The first kappa shape index (κ1) is 28.4. The van der Waals surface area contributed by atoms with Gasteiger partial charge in [-0.05, 0) is 36.4 Å². The van der Waals surface area contributed by atoms with Gasteiger partial charge in [0.1, 0.15) is 5.75 Å². The predicted molar refractivity (Wildman–Crippen MR) is 148 cm³/mol. The van der Waals surface area contributed by atoms with Gasteiger partial charge in [0.05, 0.1) is 19.8 Å². The van der Waals surface area contributed by atoms with Gasteiger partial charge in [-0.1, -0.05) is 35.3 Å². The van der Waals surface area contributed by atoms with Crippen LogP contribution in [0.1, 0.15) is 30.1 Å². The molecule has 0 radical (unpaired) electrons. The lowest BCUT2D eigenvalue weighted by Gasteiger charge is -2.31. The summed E-state index contributed by atoms with van der Waals surface area (Å²) in [6, 6.07) is 12.4. The van der Waals surface area contributed by atoms with Crippen molar-refractivity contribution in [2.75, 3.05) is 52.6 Å². The molecule has 2 heterocycles. The number of carbonyl (C=O) groups excluding carboxylic acids is 1. The van der Waals surface area contributed by atoms with Crippen LogP contribution in [-0.2, 0) is 14.3 Å². The molecule has 1 fully saturated rings. The van der Waals surface area contributed by atoms with Crippen LogP contribution in [-0.4, -0.2) is 80.0 Å². The molecule has 1 amide bonds. The van der Waals surface area contributed by atoms with Gasteiger partial charge in [0.15, 0.2) is 11.6 Å². The van der Waals surface area contributed by atoms with E-state index in [0.717, 1.165) is 13.1 Å². The zero-order chi connectivity index (χ0) is 27.0. The van der Waals surface area contributed by atoms with E-state index in [-0.39, 0.29) is 18.9 Å². The summed E-state index contributed by atoms with van der Waals surface area (Å²) < 4.78 is 17.4. The Hall–Kier alpha value is -2.62. The number of carbonyl (C=O) groups is 1. The van der Waals surface area contributed by atoms with E-state index in [2.05, 4.69) is 16.8 Å². The number of halogens is 2. The van der Waals surface area contributed by atoms with Crippen molar-refractivity contribution in [2.45, 2.75) is 24.5 Å². The Morgan fingerprint density at radius 3 is 2.68 bits per heavy atom. The van der Waals surface area contributed by atoms with Crippen LogP contribution in [0.5, 0.6) is 5.75 Å². The van der Waals surface area contributed by atoms with Crippen LogP contribution in [0, 0.1) is 0 Å². The molecule has 0 unspecified atom stereocenters. The van der Waals surface area contributed by atoms with Gasteiger partial charge in [-0.2, -0.15) is 0 Å². The van der Waals surface area contributed by atoms with Crippen molar-refractivity contribution in [3.63, 3.8) is 0 Å². The third kappa shape index (κ3) is 6.68. The monoisotopic (exact) mass is 561 g/mol. The van der Waals surface area contributed by atoms with E-state index in [0.29, 0.717) is 72.2 Å². The van der Waals surface area contributed by atoms with Gasteiger partial charge in [-0.15, -0.1) is 6.58 Å². The number of nitrogens with one attached hydrogen (secondary N) is 1. The molecule has 0 bridgehead atoms. The highest BCUT2D eigenvalue weighted by Gasteiger charge is 2.53. The number of morpholine rings is 1. The van der Waals surface area contributed by atoms with Crippen LogP contribution in [0.25, 0.3) is 0 Å². The Labute approximate surface area is 233 Å². The predicted octanol–water partition coefficient (Wildman–Crippen LogP) is 4.04. The molecule has 0 spiro atoms. The zero-order valence-electron chi connectivity index (χ0n) is 21.2. The van der Waals surface area contributed by atoms with Crippen molar-refractivity contribution in [2.24, 2.45) is 4.99 Å². The molecule has 0 aliphatic carbocycles. The van der Waals surface area contributed by atoms with Crippen molar-refractivity contribution >= 4 is 35.0 Å². The van der Waals surface area contributed by atoms with Gasteiger partial charge < -0.3 is 24.6 Å². The summed E-state index contributed by atoms with van der Waals surface area (Å²) in [5.41, 5.74) is 0.00108. The second kappa shape index (κ2) is 13.4. The Balaban J connectivity index is 1.61. The molecule has 2 atom stereocenters. The van der Waals surface area contributed by atoms with Crippen LogP contribution in [0.3, 0.4) is 0 Å². The summed E-state index contributed by atoms with van der Waals surface area (Å²) >= 11 is 12.8. The number of amides is 1. The normalized spacial score (nSPS) is 21.4. The van der Waals surface area contributed by atoms with Crippen LogP contribution in [0.4, 0.5) is 0 Å². The number of aliphatic hydroxyl groups is 1. The quantitative estimate of drug-likeness (QED) is 0.300. The Morgan fingerprint density at radius 2 is 2.00 bits per heavy atom. The fourth-order valence-corrected chi connectivity index (χ4v) is 5.04. The largest absolute Gasteiger partial charge is 0.494 e. The SMILES string of the molecule is C=CC[C@@]1(C(=O)NCCN2CCOCC2)N=C(c2ccc(OCCCO)cc2)O[C@@H]1c1ccc(Cl)cc1Cl. The molecule has 2 aromatic carbocycles. The zero-order valence-corrected chi connectivity index (χ0v) is 22.7. The van der Waals surface area contributed by atoms with Gasteiger partial charge >= 0.3 is 0 Å². The van der Waals surface area contributed by atoms with Crippen molar-refractivity contribution in [1.82, 2.24) is 10.2 Å². The second-order valence-electron chi connectivity index (χ2n) is 9.16. The number of aliphatic hydroxyl groups excluding tert-OH is 1. The Kier molecular flexibility index (Phi) is 10.0. The molecule has 2 aromatic rings. The highest BCUT2D eigenvalue weighted by molar-refractivity contribution is 6.35. The van der Waals surface area contributed by atoms with Crippen molar-refractivity contribution in [3.05, 3.63) is 76.3 Å². The minimum absolute atomic E-state index is 0.0667. The first-order valence-corrected chi connectivity index (χ1v) is 13.5. The van der Waals surface area contributed by atoms with Gasteiger partial charge in [0.2, 0.25) is 5.90 Å². The van der Waals surface area contributed by atoms with Crippen LogP contribution in [0.15, 0.2) is 60.1 Å². The van der Waals surface area contributed by atoms with Crippen LogP contribution < -0.4 is 10.1 Å². The number of rotatable bonds is 12. The van der Waals surface area contributed by atoms with E-state index >= 15 is 0 Å². The van der Waals surface area contributed by atoms with E-state index in [1.165, 1.54) is 0 Å². The Bertz CT molecular complexity index is 1140. The van der Waals surface area contributed by atoms with Gasteiger partial charge in [-0.25, -0.2) is 4.99 Å². The number of hydrogen-bond acceptors (Lipinski definition) is 7. The molecule has 2 aliphatic heterocycles. The molecule has 1 saturated heterocycles. The lowest BCUT2D eigenvalue weighted by Crippen LogP contribution is -2.50. The molecule has 2 N–H and O–H groups in total. The van der Waals surface area contributed by atoms with Gasteiger partial charge in [0, 0.05) is 66.8 Å². The molecule has 2 aliphatic rings. The van der Waals surface area contributed by atoms with Gasteiger partial charge in [0.25, 0.3) is 5.91 Å². The molecular formula is C28H33Cl2N3O5. The maximum absolute atomic E-state index is 13.8. The fourth-order valence-electron chi connectivity index (χ4n) is 4.53. The molecule has 4 rings (SSSR count). The van der Waals surface area contributed by atoms with E-state index in [1.54, 1.807) is 36.4 Å². The second-order valence-corrected chi connectivity index (χ2v) is 10.0. The summed E-state index contributed by atoms with van der Waals surface area (Å²) in [4.78, 5) is 21.0. The molecule has 10 heteroatoms. The number of aliphatic imine (C=N–C) groups is 1. The standard InChI is InChI=1S/C28H33Cl2N3O5/c1-2-10-28(27(35)31-11-12-33-13-17-36-18-14-33)25(23-9-6-21(29)19-24(23)30)38-26(32-28)20-4-7-22(8-5-20)37-16-3-15-34/h2,4-9,19,25,34H,1,3,10-18H2,(H,31,35)/t25-,28-/m1/s1. The molecule has 38 heavy (non-hydrogen) atoms. The lowest BCUT2D eigenvalue weighted by atomic mass is 9.84. The number of ether oxygens (including phenoxy) is 3.